The molecule has 2 aromatic carbocycles. The van der Waals surface area contributed by atoms with Crippen LogP contribution < -0.4 is 15.1 Å². The van der Waals surface area contributed by atoms with E-state index in [9.17, 15) is 18.8 Å². The average molecular weight is 406 g/mol. The summed E-state index contributed by atoms with van der Waals surface area (Å²) in [6.45, 7) is 2.72. The number of anilines is 2. The van der Waals surface area contributed by atoms with Crippen molar-refractivity contribution in [3.05, 3.63) is 59.4 Å². The quantitative estimate of drug-likeness (QED) is 0.698. The molecule has 3 saturated heterocycles. The first-order valence-electron chi connectivity index (χ1n) is 10.4. The van der Waals surface area contributed by atoms with Crippen LogP contribution in [0.4, 0.5) is 15.8 Å². The van der Waals surface area contributed by atoms with Gasteiger partial charge in [0.05, 0.1) is 17.9 Å². The lowest BCUT2D eigenvalue weighted by Crippen LogP contribution is -3.19. The molecule has 4 heterocycles. The summed E-state index contributed by atoms with van der Waals surface area (Å²) in [4.78, 5) is 43.0. The molecule has 6 nitrogen and oxygen atoms in total. The summed E-state index contributed by atoms with van der Waals surface area (Å²) in [5.41, 5.74) is 1.83. The molecule has 4 aliphatic rings. The summed E-state index contributed by atoms with van der Waals surface area (Å²) in [7, 11) is 0. The Morgan fingerprint density at radius 1 is 1.10 bits per heavy atom. The number of hydrogen-bond donors (Lipinski definition) is 2. The normalized spacial score (nSPS) is 33.8. The molecule has 30 heavy (non-hydrogen) atoms. The zero-order valence-corrected chi connectivity index (χ0v) is 16.4. The molecular formula is C23H21FN3O3+. The van der Waals surface area contributed by atoms with Gasteiger partial charge >= 0.3 is 0 Å². The number of nitrogens with zero attached hydrogens (tertiary/aromatic N) is 1. The third-order valence-corrected chi connectivity index (χ3v) is 7.46. The van der Waals surface area contributed by atoms with Gasteiger partial charge in [-0.05, 0) is 43.3 Å². The van der Waals surface area contributed by atoms with Crippen LogP contribution in [0.25, 0.3) is 0 Å². The van der Waals surface area contributed by atoms with E-state index in [1.54, 1.807) is 0 Å². The molecule has 0 radical (unpaired) electrons. The first-order chi connectivity index (χ1) is 14.4. The van der Waals surface area contributed by atoms with Gasteiger partial charge in [0.2, 0.25) is 17.4 Å². The highest BCUT2D eigenvalue weighted by Gasteiger charge is 2.78. The van der Waals surface area contributed by atoms with Crippen molar-refractivity contribution in [2.24, 2.45) is 11.8 Å². The second-order valence-corrected chi connectivity index (χ2v) is 8.83. The third kappa shape index (κ3) is 1.94. The number of halogens is 1. The van der Waals surface area contributed by atoms with Crippen molar-refractivity contribution in [2.45, 2.75) is 31.3 Å². The monoisotopic (exact) mass is 406 g/mol. The fourth-order valence-electron chi connectivity index (χ4n) is 6.42. The highest BCUT2D eigenvalue weighted by molar-refractivity contribution is 6.25. The molecule has 1 spiro atoms. The van der Waals surface area contributed by atoms with Crippen molar-refractivity contribution in [2.75, 3.05) is 16.8 Å². The van der Waals surface area contributed by atoms with Crippen LogP contribution in [0.5, 0.6) is 0 Å². The summed E-state index contributed by atoms with van der Waals surface area (Å²) >= 11 is 0. The molecule has 5 atom stereocenters. The maximum absolute atomic E-state index is 13.7. The molecule has 152 valence electrons. The molecule has 1 unspecified atom stereocenters. The van der Waals surface area contributed by atoms with Gasteiger partial charge in [0, 0.05) is 18.4 Å². The first-order valence-corrected chi connectivity index (χ1v) is 10.4. The maximum atomic E-state index is 13.7. The van der Waals surface area contributed by atoms with Gasteiger partial charge in [-0.1, -0.05) is 11.6 Å². The number of rotatable bonds is 1. The smallest absolute Gasteiger partial charge is 0.291 e. The molecule has 0 saturated carbocycles. The molecule has 0 aromatic heterocycles. The van der Waals surface area contributed by atoms with Gasteiger partial charge in [-0.2, -0.15) is 0 Å². The minimum atomic E-state index is -1.09. The molecule has 0 aliphatic carbocycles. The van der Waals surface area contributed by atoms with Crippen LogP contribution in [0.1, 0.15) is 24.0 Å². The van der Waals surface area contributed by atoms with E-state index in [1.165, 1.54) is 29.2 Å². The lowest BCUT2D eigenvalue weighted by Gasteiger charge is -2.33. The predicted molar refractivity (Wildman–Crippen MR) is 106 cm³/mol. The number of carbonyl (C=O) groups excluding carboxylic acids is 3. The van der Waals surface area contributed by atoms with E-state index in [0.29, 0.717) is 5.69 Å². The number of amides is 3. The Hall–Kier alpha value is -3.06. The summed E-state index contributed by atoms with van der Waals surface area (Å²) in [6, 6.07) is 11.1. The van der Waals surface area contributed by atoms with Crippen molar-refractivity contribution < 1.29 is 23.7 Å². The Morgan fingerprint density at radius 2 is 1.87 bits per heavy atom. The van der Waals surface area contributed by atoms with Crippen molar-refractivity contribution in [1.82, 2.24) is 0 Å². The first kappa shape index (κ1) is 17.8. The number of carbonyl (C=O) groups is 3. The minimum Gasteiger partial charge on any atom is -0.320 e. The van der Waals surface area contributed by atoms with Crippen molar-refractivity contribution in [1.29, 1.82) is 0 Å². The van der Waals surface area contributed by atoms with Gasteiger partial charge in [0.25, 0.3) is 5.91 Å². The van der Waals surface area contributed by atoms with Crippen molar-refractivity contribution in [3.63, 3.8) is 0 Å². The van der Waals surface area contributed by atoms with E-state index < -0.39 is 23.2 Å². The molecule has 3 fully saturated rings. The third-order valence-electron chi connectivity index (χ3n) is 7.46. The van der Waals surface area contributed by atoms with Crippen LogP contribution in [0.15, 0.2) is 42.5 Å². The molecule has 6 rings (SSSR count). The van der Waals surface area contributed by atoms with Gasteiger partial charge in [0.1, 0.15) is 23.7 Å². The number of hydrogen-bond acceptors (Lipinski definition) is 3. The van der Waals surface area contributed by atoms with Gasteiger partial charge in [-0.25, -0.2) is 9.29 Å². The average Bonchev–Trinajstić information content (AvgIpc) is 3.42. The Kier molecular flexibility index (Phi) is 3.41. The SMILES string of the molecule is Cc1ccc2c(c1)[C@]1(C(=O)N2)[C@@H]2C(=O)N(c3ccc(F)cc3)C(=O)[C@@H]2[C@@H]2CCC[NH+]21. The zero-order chi connectivity index (χ0) is 20.8. The number of benzene rings is 2. The minimum absolute atomic E-state index is 0.0749. The number of imide groups is 1. The molecular weight excluding hydrogens is 385 g/mol. The van der Waals surface area contributed by atoms with Crippen LogP contribution in [-0.2, 0) is 19.9 Å². The second-order valence-electron chi connectivity index (χ2n) is 8.83. The van der Waals surface area contributed by atoms with Crippen LogP contribution in [0.3, 0.4) is 0 Å². The fourth-order valence-corrected chi connectivity index (χ4v) is 6.42. The number of quaternary nitrogens is 1. The van der Waals surface area contributed by atoms with Gasteiger partial charge in [0.15, 0.2) is 0 Å². The molecule has 2 aromatic rings. The van der Waals surface area contributed by atoms with E-state index in [4.69, 9.17) is 0 Å². The Labute approximate surface area is 172 Å². The summed E-state index contributed by atoms with van der Waals surface area (Å²) < 4.78 is 13.4. The van der Waals surface area contributed by atoms with E-state index >= 15 is 0 Å². The van der Waals surface area contributed by atoms with E-state index in [0.717, 1.165) is 41.1 Å². The van der Waals surface area contributed by atoms with Crippen LogP contribution in [-0.4, -0.2) is 30.3 Å². The van der Waals surface area contributed by atoms with Crippen LogP contribution in [0, 0.1) is 24.6 Å². The number of nitrogens with one attached hydrogen (secondary N) is 2. The highest BCUT2D eigenvalue weighted by Crippen LogP contribution is 2.52. The van der Waals surface area contributed by atoms with E-state index in [1.807, 2.05) is 25.1 Å². The van der Waals surface area contributed by atoms with E-state index in [-0.39, 0.29) is 23.8 Å². The second kappa shape index (κ2) is 5.76. The molecule has 2 N–H and O–H groups in total. The van der Waals surface area contributed by atoms with Crippen LogP contribution in [0.2, 0.25) is 0 Å². The molecule has 0 bridgehead atoms. The Bertz CT molecular complexity index is 1130. The van der Waals surface area contributed by atoms with Crippen molar-refractivity contribution >= 4 is 29.1 Å². The topological polar surface area (TPSA) is 70.9 Å². The largest absolute Gasteiger partial charge is 0.320 e. The fraction of sp³-hybridized carbons (Fsp3) is 0.348. The summed E-state index contributed by atoms with van der Waals surface area (Å²) in [6.07, 6.45) is 1.72. The number of fused-ring (bicyclic) bond motifs is 7. The summed E-state index contributed by atoms with van der Waals surface area (Å²) in [5.74, 6) is -2.55. The van der Waals surface area contributed by atoms with Crippen LogP contribution >= 0.6 is 0 Å². The molecule has 4 aliphatic heterocycles. The van der Waals surface area contributed by atoms with Gasteiger partial charge < -0.3 is 10.2 Å². The predicted octanol–water partition coefficient (Wildman–Crippen LogP) is 1.15. The van der Waals surface area contributed by atoms with E-state index in [2.05, 4.69) is 5.32 Å². The Morgan fingerprint density at radius 3 is 2.63 bits per heavy atom. The molecule has 3 amide bonds. The lowest BCUT2D eigenvalue weighted by atomic mass is 9.75. The standard InChI is InChI=1S/C23H20FN3O3/c1-12-4-9-16-15(11-12)23(22(30)25-16)19-18(17-3-2-10-26(17)23)20(28)27(21(19)29)14-7-5-13(24)6-8-14/h4-9,11,17-19H,2-3,10H2,1H3,(H,25,30)/p+1/t17-,18+,19-,23+/m0/s1. The highest BCUT2D eigenvalue weighted by atomic mass is 19.1. The zero-order valence-electron chi connectivity index (χ0n) is 16.4. The molecule has 7 heteroatoms. The lowest BCUT2D eigenvalue weighted by molar-refractivity contribution is -0.948. The Balaban J connectivity index is 1.56. The van der Waals surface area contributed by atoms with Crippen molar-refractivity contribution in [3.8, 4) is 0 Å². The van der Waals surface area contributed by atoms with Gasteiger partial charge in [-0.15, -0.1) is 0 Å². The maximum Gasteiger partial charge on any atom is 0.291 e. The number of aryl methyl sites for hydroxylation is 1. The summed E-state index contributed by atoms with van der Waals surface area (Å²) in [5, 5.41) is 2.99. The van der Waals surface area contributed by atoms with Gasteiger partial charge in [-0.3, -0.25) is 14.4 Å².